The number of nitrogens with two attached hydrogens (primary N) is 1. The molecule has 1 heterocycles. The van der Waals surface area contributed by atoms with Crippen LogP contribution >= 0.6 is 0 Å². The molecule has 1 aromatic heterocycles. The van der Waals surface area contributed by atoms with Gasteiger partial charge in [-0.25, -0.2) is 14.8 Å². The van der Waals surface area contributed by atoms with Crippen molar-refractivity contribution >= 4 is 29.3 Å². The van der Waals surface area contributed by atoms with Crippen molar-refractivity contribution in [1.29, 1.82) is 0 Å². The summed E-state index contributed by atoms with van der Waals surface area (Å²) >= 11 is 0. The molecular formula is C18H21N5O4. The first-order valence-electron chi connectivity index (χ1n) is 8.16. The fraction of sp³-hybridized carbons (Fsp3) is 0.278. The molecule has 4 N–H and O–H groups in total. The number of nitrogens with one attached hydrogen (secondary N) is 2. The van der Waals surface area contributed by atoms with Crippen LogP contribution in [0.5, 0.6) is 0 Å². The van der Waals surface area contributed by atoms with Crippen molar-refractivity contribution in [1.82, 2.24) is 15.3 Å². The topological polar surface area (TPSA) is 136 Å². The Morgan fingerprint density at radius 3 is 2.30 bits per heavy atom. The number of rotatable bonds is 6. The second-order valence-electron chi connectivity index (χ2n) is 5.96. The van der Waals surface area contributed by atoms with Gasteiger partial charge in [-0.3, -0.25) is 9.59 Å². The van der Waals surface area contributed by atoms with Crippen LogP contribution in [0.4, 0.5) is 11.5 Å². The van der Waals surface area contributed by atoms with E-state index in [4.69, 9.17) is 10.5 Å². The van der Waals surface area contributed by atoms with E-state index in [9.17, 15) is 14.4 Å². The Labute approximate surface area is 156 Å². The van der Waals surface area contributed by atoms with Gasteiger partial charge in [-0.05, 0) is 31.9 Å². The van der Waals surface area contributed by atoms with Crippen molar-refractivity contribution in [2.45, 2.75) is 20.8 Å². The number of nitrogens with zero attached hydrogens (tertiary/aromatic N) is 2. The molecule has 9 nitrogen and oxygen atoms in total. The summed E-state index contributed by atoms with van der Waals surface area (Å²) in [5.41, 5.74) is 9.01. The number of ether oxygens (including phenoxy) is 1. The third kappa shape index (κ3) is 5.50. The highest BCUT2D eigenvalue weighted by atomic mass is 16.5. The number of aryl methyl sites for hydroxylation is 3. The molecule has 0 aliphatic rings. The lowest BCUT2D eigenvalue weighted by atomic mass is 10.1. The van der Waals surface area contributed by atoms with Crippen molar-refractivity contribution in [3.8, 4) is 0 Å². The second-order valence-corrected chi connectivity index (χ2v) is 5.96. The molecule has 2 rings (SSSR count). The van der Waals surface area contributed by atoms with Crippen LogP contribution in [0, 0.1) is 20.8 Å². The average Bonchev–Trinajstić information content (AvgIpc) is 2.61. The first-order valence-corrected chi connectivity index (χ1v) is 8.16. The van der Waals surface area contributed by atoms with Gasteiger partial charge in [0.15, 0.2) is 18.1 Å². The summed E-state index contributed by atoms with van der Waals surface area (Å²) in [6, 6.07) is 3.91. The average molecular weight is 371 g/mol. The number of carbonyl (C=O) groups excluding carboxylic acids is 3. The molecular weight excluding hydrogens is 350 g/mol. The molecule has 0 saturated heterocycles. The summed E-state index contributed by atoms with van der Waals surface area (Å²) in [6.07, 6.45) is 2.61. The molecule has 0 spiro atoms. The van der Waals surface area contributed by atoms with Crippen molar-refractivity contribution in [3.05, 3.63) is 46.9 Å². The van der Waals surface area contributed by atoms with Crippen LogP contribution in [0.3, 0.4) is 0 Å². The maximum Gasteiger partial charge on any atom is 0.361 e. The number of carbonyl (C=O) groups is 3. The normalized spacial score (nSPS) is 10.2. The van der Waals surface area contributed by atoms with Crippen LogP contribution in [0.2, 0.25) is 0 Å². The summed E-state index contributed by atoms with van der Waals surface area (Å²) in [6.45, 7) is 4.94. The van der Waals surface area contributed by atoms with Crippen molar-refractivity contribution in [2.24, 2.45) is 0 Å². The van der Waals surface area contributed by atoms with E-state index in [2.05, 4.69) is 20.6 Å². The Balaban J connectivity index is 1.81. The third-order valence-electron chi connectivity index (χ3n) is 3.64. The van der Waals surface area contributed by atoms with Gasteiger partial charge >= 0.3 is 5.97 Å². The number of hydrogen-bond donors (Lipinski definition) is 3. The van der Waals surface area contributed by atoms with E-state index in [1.165, 1.54) is 12.4 Å². The molecule has 0 aliphatic heterocycles. The molecule has 142 valence electrons. The van der Waals surface area contributed by atoms with E-state index >= 15 is 0 Å². The van der Waals surface area contributed by atoms with E-state index in [0.29, 0.717) is 5.69 Å². The van der Waals surface area contributed by atoms with Crippen LogP contribution in [-0.2, 0) is 14.3 Å². The Kier molecular flexibility index (Phi) is 6.42. The predicted octanol–water partition coefficient (Wildman–Crippen LogP) is 0.896. The summed E-state index contributed by atoms with van der Waals surface area (Å²) in [5, 5.41) is 5.14. The molecule has 0 unspecified atom stereocenters. The van der Waals surface area contributed by atoms with Crippen LogP contribution in [0.25, 0.3) is 0 Å². The second kappa shape index (κ2) is 8.75. The maximum absolute atomic E-state index is 12.0. The van der Waals surface area contributed by atoms with E-state index in [1.54, 1.807) is 0 Å². The van der Waals surface area contributed by atoms with Gasteiger partial charge < -0.3 is 21.1 Å². The minimum absolute atomic E-state index is 0.0916. The number of anilines is 2. The Hall–Kier alpha value is -3.49. The lowest BCUT2D eigenvalue weighted by molar-refractivity contribution is -0.126. The summed E-state index contributed by atoms with van der Waals surface area (Å²) in [5.74, 6) is -1.97. The van der Waals surface area contributed by atoms with E-state index in [-0.39, 0.29) is 24.0 Å². The lowest BCUT2D eigenvalue weighted by Crippen LogP contribution is -2.36. The molecule has 9 heteroatoms. The van der Waals surface area contributed by atoms with Gasteiger partial charge in [0.2, 0.25) is 5.91 Å². The van der Waals surface area contributed by atoms with Gasteiger partial charge in [-0.15, -0.1) is 0 Å². The Bertz CT molecular complexity index is 859. The smallest absolute Gasteiger partial charge is 0.361 e. The molecule has 0 atom stereocenters. The van der Waals surface area contributed by atoms with Crippen molar-refractivity contribution in [2.75, 3.05) is 24.2 Å². The molecule has 0 bridgehead atoms. The number of amides is 2. The molecule has 2 amide bonds. The van der Waals surface area contributed by atoms with Gasteiger partial charge in [0.1, 0.15) is 0 Å². The van der Waals surface area contributed by atoms with Crippen molar-refractivity contribution in [3.63, 3.8) is 0 Å². The SMILES string of the molecule is Cc1cc(C)c(NC(=O)CNC(=O)COC(=O)c2nccnc2N)c(C)c1. The number of esters is 1. The fourth-order valence-electron chi connectivity index (χ4n) is 2.50. The van der Waals surface area contributed by atoms with E-state index in [1.807, 2.05) is 32.9 Å². The molecule has 1 aromatic carbocycles. The monoisotopic (exact) mass is 371 g/mol. The molecule has 0 aliphatic carbocycles. The standard InChI is InChI=1S/C18H21N5O4/c1-10-6-11(2)15(12(3)7-10)23-13(24)8-22-14(25)9-27-18(26)16-17(19)21-5-4-20-16/h4-7H,8-9H2,1-3H3,(H2,19,21)(H,22,25)(H,23,24). The fourth-order valence-corrected chi connectivity index (χ4v) is 2.50. The molecule has 0 radical (unpaired) electrons. The van der Waals surface area contributed by atoms with Gasteiger partial charge in [-0.1, -0.05) is 17.7 Å². The van der Waals surface area contributed by atoms with Crippen LogP contribution < -0.4 is 16.4 Å². The van der Waals surface area contributed by atoms with E-state index in [0.717, 1.165) is 16.7 Å². The largest absolute Gasteiger partial charge is 0.451 e. The highest BCUT2D eigenvalue weighted by molar-refractivity contribution is 5.96. The minimum atomic E-state index is -0.869. The Morgan fingerprint density at radius 2 is 1.67 bits per heavy atom. The van der Waals surface area contributed by atoms with Crippen LogP contribution in [-0.4, -0.2) is 40.9 Å². The first-order chi connectivity index (χ1) is 12.8. The van der Waals surface area contributed by atoms with Crippen LogP contribution in [0.1, 0.15) is 27.2 Å². The molecule has 27 heavy (non-hydrogen) atoms. The third-order valence-corrected chi connectivity index (χ3v) is 3.64. The minimum Gasteiger partial charge on any atom is -0.451 e. The Morgan fingerprint density at radius 1 is 1.04 bits per heavy atom. The first kappa shape index (κ1) is 19.8. The van der Waals surface area contributed by atoms with Gasteiger partial charge in [0, 0.05) is 18.1 Å². The number of nitrogen functional groups attached to an aromatic ring is 1. The van der Waals surface area contributed by atoms with E-state index < -0.39 is 18.5 Å². The zero-order chi connectivity index (χ0) is 20.0. The van der Waals surface area contributed by atoms with Crippen molar-refractivity contribution < 1.29 is 19.1 Å². The summed E-state index contributed by atoms with van der Waals surface area (Å²) in [4.78, 5) is 43.0. The predicted molar refractivity (Wildman–Crippen MR) is 99.0 cm³/mol. The molecule has 2 aromatic rings. The van der Waals surface area contributed by atoms with Gasteiger partial charge in [0.25, 0.3) is 5.91 Å². The number of aromatic nitrogens is 2. The van der Waals surface area contributed by atoms with Crippen LogP contribution in [0.15, 0.2) is 24.5 Å². The lowest BCUT2D eigenvalue weighted by Gasteiger charge is -2.13. The summed E-state index contributed by atoms with van der Waals surface area (Å²) in [7, 11) is 0. The molecule has 0 fully saturated rings. The molecule has 0 saturated carbocycles. The van der Waals surface area contributed by atoms with Gasteiger partial charge in [0.05, 0.1) is 6.54 Å². The number of benzene rings is 1. The highest BCUT2D eigenvalue weighted by Crippen LogP contribution is 2.21. The number of hydrogen-bond acceptors (Lipinski definition) is 7. The maximum atomic E-state index is 12.0. The quantitative estimate of drug-likeness (QED) is 0.642. The highest BCUT2D eigenvalue weighted by Gasteiger charge is 2.16. The van der Waals surface area contributed by atoms with Gasteiger partial charge in [-0.2, -0.15) is 0 Å². The summed E-state index contributed by atoms with van der Waals surface area (Å²) < 4.78 is 4.81. The zero-order valence-corrected chi connectivity index (χ0v) is 15.3. The zero-order valence-electron chi connectivity index (χ0n) is 15.3.